The number of benzene rings is 1. The van der Waals surface area contributed by atoms with Gasteiger partial charge in [-0.05, 0) is 37.5 Å². The van der Waals surface area contributed by atoms with E-state index in [-0.39, 0.29) is 0 Å². The first-order valence-corrected chi connectivity index (χ1v) is 8.58. The fraction of sp³-hybridized carbons (Fsp3) is 0.647. The predicted octanol–water partition coefficient (Wildman–Crippen LogP) is 4.19. The van der Waals surface area contributed by atoms with Crippen molar-refractivity contribution in [3.05, 3.63) is 29.3 Å². The van der Waals surface area contributed by atoms with Crippen LogP contribution in [0.4, 0.5) is 0 Å². The molecule has 1 aromatic rings. The molecule has 0 radical (unpaired) electrons. The van der Waals surface area contributed by atoms with Gasteiger partial charge in [-0.25, -0.2) is 0 Å². The minimum absolute atomic E-state index is 0.313. The molecule has 1 N–H and O–H groups in total. The highest BCUT2D eigenvalue weighted by atomic mass is 32.2. The molecule has 0 saturated carbocycles. The van der Waals surface area contributed by atoms with Crippen LogP contribution < -0.4 is 10.1 Å². The largest absolute Gasteiger partial charge is 0.496 e. The van der Waals surface area contributed by atoms with Crippen LogP contribution in [0.3, 0.4) is 0 Å². The van der Waals surface area contributed by atoms with Gasteiger partial charge in [0.05, 0.1) is 7.11 Å². The molecule has 1 fully saturated rings. The van der Waals surface area contributed by atoms with E-state index in [2.05, 4.69) is 63.0 Å². The van der Waals surface area contributed by atoms with Crippen LogP contribution in [0.5, 0.6) is 5.75 Å². The minimum atomic E-state index is 0.313. The summed E-state index contributed by atoms with van der Waals surface area (Å²) in [6, 6.07) is 7.28. The van der Waals surface area contributed by atoms with Gasteiger partial charge in [-0.3, -0.25) is 0 Å². The molecule has 2 unspecified atom stereocenters. The summed E-state index contributed by atoms with van der Waals surface area (Å²) in [6.07, 6.45) is 1.28. The molecule has 0 aromatic heterocycles. The molecular formula is C17H27NOS. The quantitative estimate of drug-likeness (QED) is 0.899. The second-order valence-corrected chi connectivity index (χ2v) is 7.65. The Morgan fingerprint density at radius 3 is 2.80 bits per heavy atom. The molecule has 20 heavy (non-hydrogen) atoms. The number of hydrogen-bond donors (Lipinski definition) is 1. The van der Waals surface area contributed by atoms with Crippen LogP contribution in [-0.2, 0) is 0 Å². The Bertz CT molecular complexity index is 458. The molecule has 0 spiro atoms. The molecule has 2 atom stereocenters. The summed E-state index contributed by atoms with van der Waals surface area (Å²) < 4.78 is 5.52. The molecule has 3 heteroatoms. The van der Waals surface area contributed by atoms with Gasteiger partial charge < -0.3 is 10.1 Å². The maximum absolute atomic E-state index is 5.52. The molecule has 0 bridgehead atoms. The van der Waals surface area contributed by atoms with Crippen LogP contribution >= 0.6 is 11.8 Å². The van der Waals surface area contributed by atoms with E-state index in [0.29, 0.717) is 17.5 Å². The smallest absolute Gasteiger partial charge is 0.123 e. The van der Waals surface area contributed by atoms with Crippen molar-refractivity contribution < 1.29 is 4.74 Å². The fourth-order valence-corrected chi connectivity index (χ4v) is 4.41. The normalized spacial score (nSPS) is 23.4. The van der Waals surface area contributed by atoms with Crippen molar-refractivity contribution >= 4 is 11.8 Å². The summed E-state index contributed by atoms with van der Waals surface area (Å²) in [4.78, 5) is 0. The summed E-state index contributed by atoms with van der Waals surface area (Å²) in [5.41, 5.74) is 2.92. The number of methoxy groups -OCH3 is 1. The lowest BCUT2D eigenvalue weighted by Gasteiger charge is -2.40. The Morgan fingerprint density at radius 2 is 2.15 bits per heavy atom. The average molecular weight is 293 g/mol. The van der Waals surface area contributed by atoms with Crippen molar-refractivity contribution in [2.24, 2.45) is 5.41 Å². The minimum Gasteiger partial charge on any atom is -0.496 e. The molecule has 1 aromatic carbocycles. The molecule has 112 valence electrons. The Balaban J connectivity index is 2.15. The molecule has 2 nitrogen and oxygen atoms in total. The van der Waals surface area contributed by atoms with E-state index in [1.54, 1.807) is 7.11 Å². The molecule has 1 aliphatic heterocycles. The van der Waals surface area contributed by atoms with Crippen LogP contribution in [0.2, 0.25) is 0 Å². The summed E-state index contributed by atoms with van der Waals surface area (Å²) in [5, 5.41) is 3.83. The number of ether oxygens (including phenoxy) is 1. The fourth-order valence-electron chi connectivity index (χ4n) is 2.79. The third-order valence-electron chi connectivity index (χ3n) is 4.42. The van der Waals surface area contributed by atoms with Crippen molar-refractivity contribution in [1.29, 1.82) is 0 Å². The first kappa shape index (κ1) is 15.7. The molecule has 1 aliphatic rings. The predicted molar refractivity (Wildman–Crippen MR) is 88.8 cm³/mol. The third-order valence-corrected chi connectivity index (χ3v) is 5.48. The highest BCUT2D eigenvalue weighted by molar-refractivity contribution is 7.99. The number of rotatable bonds is 4. The highest BCUT2D eigenvalue weighted by Crippen LogP contribution is 2.36. The summed E-state index contributed by atoms with van der Waals surface area (Å²) in [7, 11) is 1.75. The lowest BCUT2D eigenvalue weighted by molar-refractivity contribution is 0.230. The van der Waals surface area contributed by atoms with Crippen LogP contribution in [-0.4, -0.2) is 24.7 Å². The zero-order chi connectivity index (χ0) is 14.8. The number of hydrogen-bond acceptors (Lipinski definition) is 3. The second kappa shape index (κ2) is 6.40. The van der Waals surface area contributed by atoms with Gasteiger partial charge in [0.25, 0.3) is 0 Å². The van der Waals surface area contributed by atoms with Gasteiger partial charge in [0.1, 0.15) is 5.75 Å². The molecule has 1 heterocycles. The lowest BCUT2D eigenvalue weighted by atomic mass is 9.81. The molecular weight excluding hydrogens is 266 g/mol. The number of aryl methyl sites for hydroxylation is 1. The van der Waals surface area contributed by atoms with E-state index in [4.69, 9.17) is 4.74 Å². The molecule has 0 amide bonds. The Morgan fingerprint density at radius 1 is 1.40 bits per heavy atom. The van der Waals surface area contributed by atoms with Crippen molar-refractivity contribution in [1.82, 2.24) is 5.32 Å². The number of nitrogens with one attached hydrogen (secondary N) is 1. The first-order chi connectivity index (χ1) is 9.44. The summed E-state index contributed by atoms with van der Waals surface area (Å²) in [5.74, 6) is 3.47. The average Bonchev–Trinajstić information content (AvgIpc) is 2.41. The molecule has 0 aliphatic carbocycles. The Hall–Kier alpha value is -0.670. The van der Waals surface area contributed by atoms with E-state index >= 15 is 0 Å². The maximum Gasteiger partial charge on any atom is 0.123 e. The highest BCUT2D eigenvalue weighted by Gasteiger charge is 2.33. The Kier molecular flexibility index (Phi) is 5.03. The Labute approximate surface area is 127 Å². The van der Waals surface area contributed by atoms with Crippen molar-refractivity contribution in [3.63, 3.8) is 0 Å². The topological polar surface area (TPSA) is 21.3 Å². The zero-order valence-electron chi connectivity index (χ0n) is 13.3. The van der Waals surface area contributed by atoms with E-state index < -0.39 is 0 Å². The van der Waals surface area contributed by atoms with E-state index in [0.717, 1.165) is 5.75 Å². The third kappa shape index (κ3) is 3.50. The van der Waals surface area contributed by atoms with Gasteiger partial charge in [-0.2, -0.15) is 11.8 Å². The first-order valence-electron chi connectivity index (χ1n) is 7.42. The van der Waals surface area contributed by atoms with Gasteiger partial charge in [-0.15, -0.1) is 0 Å². The van der Waals surface area contributed by atoms with E-state index in [1.165, 1.54) is 29.1 Å². The lowest BCUT2D eigenvalue weighted by Crippen LogP contribution is -2.47. The number of thioether (sulfide) groups is 1. The summed E-state index contributed by atoms with van der Waals surface area (Å²) in [6.45, 7) is 9.14. The van der Waals surface area contributed by atoms with Gasteiger partial charge in [0.15, 0.2) is 0 Å². The monoisotopic (exact) mass is 293 g/mol. The van der Waals surface area contributed by atoms with Crippen molar-refractivity contribution in [2.45, 2.75) is 46.2 Å². The molecule has 1 saturated heterocycles. The van der Waals surface area contributed by atoms with Crippen LogP contribution in [0.25, 0.3) is 0 Å². The van der Waals surface area contributed by atoms with Gasteiger partial charge in [-0.1, -0.05) is 31.5 Å². The van der Waals surface area contributed by atoms with Gasteiger partial charge in [0.2, 0.25) is 0 Å². The second-order valence-electron chi connectivity index (χ2n) is 6.50. The van der Waals surface area contributed by atoms with Gasteiger partial charge in [0, 0.05) is 23.4 Å². The standard InChI is InChI=1S/C17H27NOS/c1-12-6-7-15(19-5)14(10-12)13(2)18-16-11-20-9-8-17(16,3)4/h6-7,10,13,16,18H,8-9,11H2,1-5H3. The van der Waals surface area contributed by atoms with E-state index in [9.17, 15) is 0 Å². The van der Waals surface area contributed by atoms with Crippen LogP contribution in [0, 0.1) is 12.3 Å². The SMILES string of the molecule is COc1ccc(C)cc1C(C)NC1CSCCC1(C)C. The van der Waals surface area contributed by atoms with Gasteiger partial charge >= 0.3 is 0 Å². The van der Waals surface area contributed by atoms with E-state index in [1.807, 2.05) is 0 Å². The molecule has 2 rings (SSSR count). The van der Waals surface area contributed by atoms with Crippen molar-refractivity contribution in [2.75, 3.05) is 18.6 Å². The van der Waals surface area contributed by atoms with Crippen LogP contribution in [0.15, 0.2) is 18.2 Å². The maximum atomic E-state index is 5.52. The van der Waals surface area contributed by atoms with Crippen LogP contribution in [0.1, 0.15) is 44.4 Å². The van der Waals surface area contributed by atoms with Crippen molar-refractivity contribution in [3.8, 4) is 5.75 Å². The summed E-state index contributed by atoms with van der Waals surface area (Å²) >= 11 is 2.06. The zero-order valence-corrected chi connectivity index (χ0v) is 14.1.